The van der Waals surface area contributed by atoms with Gasteiger partial charge in [-0.2, -0.15) is 0 Å². The molecule has 1 aromatic heterocycles. The van der Waals surface area contributed by atoms with E-state index >= 15 is 0 Å². The van der Waals surface area contributed by atoms with Crippen LogP contribution in [0.4, 0.5) is 5.69 Å². The van der Waals surface area contributed by atoms with Gasteiger partial charge in [0.2, 0.25) is 11.8 Å². The van der Waals surface area contributed by atoms with E-state index in [9.17, 15) is 9.59 Å². The van der Waals surface area contributed by atoms with Crippen LogP contribution in [0.3, 0.4) is 0 Å². The van der Waals surface area contributed by atoms with Gasteiger partial charge in [0.1, 0.15) is 6.04 Å². The number of nitrogens with one attached hydrogen (secondary N) is 2. The summed E-state index contributed by atoms with van der Waals surface area (Å²) in [5.41, 5.74) is 2.45. The van der Waals surface area contributed by atoms with Crippen LogP contribution in [0.2, 0.25) is 0 Å². The molecule has 1 aliphatic carbocycles. The quantitative estimate of drug-likeness (QED) is 0.607. The highest BCUT2D eigenvalue weighted by Crippen LogP contribution is 2.34. The van der Waals surface area contributed by atoms with Gasteiger partial charge in [-0.3, -0.25) is 9.59 Å². The molecule has 2 amide bonds. The van der Waals surface area contributed by atoms with Gasteiger partial charge in [-0.1, -0.05) is 25.0 Å². The van der Waals surface area contributed by atoms with E-state index in [0.717, 1.165) is 32.4 Å². The van der Waals surface area contributed by atoms with Crippen molar-refractivity contribution in [1.29, 1.82) is 0 Å². The second-order valence-corrected chi connectivity index (χ2v) is 9.32. The number of likely N-dealkylation sites (tertiary alicyclic amines) is 1. The zero-order valence-corrected chi connectivity index (χ0v) is 19.5. The Kier molecular flexibility index (Phi) is 7.60. The molecule has 1 saturated heterocycles. The van der Waals surface area contributed by atoms with E-state index in [1.54, 1.807) is 25.4 Å². The first-order chi connectivity index (χ1) is 16.0. The average molecular weight is 451 g/mol. The van der Waals surface area contributed by atoms with Crippen molar-refractivity contribution < 1.29 is 14.3 Å². The van der Waals surface area contributed by atoms with Gasteiger partial charge in [-0.05, 0) is 81.4 Å². The number of nitrogens with zero attached hydrogens (tertiary/aromatic N) is 2. The molecule has 2 fully saturated rings. The zero-order chi connectivity index (χ0) is 23.2. The molecule has 7 nitrogen and oxygen atoms in total. The number of pyridine rings is 1. The van der Waals surface area contributed by atoms with Crippen LogP contribution in [0.15, 0.2) is 42.6 Å². The van der Waals surface area contributed by atoms with Crippen molar-refractivity contribution in [1.82, 2.24) is 15.2 Å². The lowest BCUT2D eigenvalue weighted by atomic mass is 9.89. The molecular weight excluding hydrogens is 416 g/mol. The highest BCUT2D eigenvalue weighted by molar-refractivity contribution is 6.01. The third-order valence-electron chi connectivity index (χ3n) is 6.76. The maximum Gasteiger partial charge on any atom is 0.251 e. The number of hydrogen-bond acceptors (Lipinski definition) is 5. The van der Waals surface area contributed by atoms with Gasteiger partial charge in [0, 0.05) is 11.6 Å². The normalized spacial score (nSPS) is 17.9. The monoisotopic (exact) mass is 450 g/mol. The summed E-state index contributed by atoms with van der Waals surface area (Å²) in [6.45, 7) is 2.21. The summed E-state index contributed by atoms with van der Waals surface area (Å²) in [7, 11) is 3.70. The Morgan fingerprint density at radius 1 is 1.09 bits per heavy atom. The third-order valence-corrected chi connectivity index (χ3v) is 6.76. The summed E-state index contributed by atoms with van der Waals surface area (Å²) < 4.78 is 5.06. The Bertz CT molecular complexity index is 933. The fraction of sp³-hybridized carbons (Fsp3) is 0.500. The molecular formula is C26H34N4O3. The van der Waals surface area contributed by atoms with Crippen molar-refractivity contribution >= 4 is 17.5 Å². The maximum atomic E-state index is 13.0. The first kappa shape index (κ1) is 23.2. The van der Waals surface area contributed by atoms with Crippen LogP contribution < -0.4 is 15.4 Å². The summed E-state index contributed by atoms with van der Waals surface area (Å²) >= 11 is 0. The van der Waals surface area contributed by atoms with E-state index in [0.29, 0.717) is 35.4 Å². The molecule has 4 rings (SSSR count). The molecule has 1 aromatic carbocycles. The van der Waals surface area contributed by atoms with Gasteiger partial charge in [-0.15, -0.1) is 0 Å². The van der Waals surface area contributed by atoms with E-state index in [1.165, 1.54) is 18.4 Å². The molecule has 176 valence electrons. The molecule has 1 aliphatic heterocycles. The topological polar surface area (TPSA) is 83.6 Å². The van der Waals surface area contributed by atoms with Gasteiger partial charge < -0.3 is 20.3 Å². The van der Waals surface area contributed by atoms with Crippen molar-refractivity contribution in [3.63, 3.8) is 0 Å². The number of carbonyl (C=O) groups is 2. The summed E-state index contributed by atoms with van der Waals surface area (Å²) in [4.78, 5) is 32.4. The number of hydrogen-bond donors (Lipinski definition) is 2. The van der Waals surface area contributed by atoms with Gasteiger partial charge >= 0.3 is 0 Å². The number of methoxy groups -OCH3 is 1. The van der Waals surface area contributed by atoms with Crippen molar-refractivity contribution in [3.05, 3.63) is 53.7 Å². The van der Waals surface area contributed by atoms with Gasteiger partial charge in [0.25, 0.3) is 5.91 Å². The number of carbonyl (C=O) groups excluding carboxylic acids is 2. The molecule has 2 N–H and O–H groups in total. The second kappa shape index (κ2) is 10.8. The maximum absolute atomic E-state index is 13.0. The highest BCUT2D eigenvalue weighted by Gasteiger charge is 2.27. The molecule has 1 saturated carbocycles. The van der Waals surface area contributed by atoms with Crippen molar-refractivity contribution in [2.75, 3.05) is 32.6 Å². The smallest absolute Gasteiger partial charge is 0.251 e. The minimum atomic E-state index is -0.589. The Morgan fingerprint density at radius 3 is 2.42 bits per heavy atom. The van der Waals surface area contributed by atoms with Gasteiger partial charge in [0.15, 0.2) is 0 Å². The first-order valence-electron chi connectivity index (χ1n) is 11.9. The number of anilines is 1. The lowest BCUT2D eigenvalue weighted by molar-refractivity contribution is -0.118. The van der Waals surface area contributed by atoms with Crippen molar-refractivity contribution in [3.8, 4) is 5.88 Å². The SMILES string of the molecule is COc1ccc(NC(=O)C(CCC2CC2)NC(=O)c2ccc(C3CCN(C)CC3)cc2)cn1. The zero-order valence-electron chi connectivity index (χ0n) is 19.5. The van der Waals surface area contributed by atoms with Crippen LogP contribution in [-0.4, -0.2) is 55.0 Å². The van der Waals surface area contributed by atoms with Crippen LogP contribution in [0.5, 0.6) is 5.88 Å². The largest absolute Gasteiger partial charge is 0.481 e. The van der Waals surface area contributed by atoms with Crippen LogP contribution in [0.1, 0.15) is 60.4 Å². The standard InChI is InChI=1S/C26H34N4O3/c1-30-15-13-20(14-16-30)19-6-8-21(9-7-19)25(31)29-23(11-5-18-3-4-18)26(32)28-22-10-12-24(33-2)27-17-22/h6-10,12,17-18,20,23H,3-5,11,13-16H2,1-2H3,(H,28,32)(H,29,31). The van der Waals surface area contributed by atoms with E-state index in [2.05, 4.69) is 39.7 Å². The van der Waals surface area contributed by atoms with Gasteiger partial charge in [-0.25, -0.2) is 4.98 Å². The summed E-state index contributed by atoms with van der Waals surface area (Å²) in [5.74, 6) is 1.27. The van der Waals surface area contributed by atoms with Crippen LogP contribution in [-0.2, 0) is 4.79 Å². The second-order valence-electron chi connectivity index (χ2n) is 9.32. The third kappa shape index (κ3) is 6.54. The fourth-order valence-electron chi connectivity index (χ4n) is 4.37. The lowest BCUT2D eigenvalue weighted by Crippen LogP contribution is -2.43. The minimum Gasteiger partial charge on any atom is -0.481 e. The van der Waals surface area contributed by atoms with Crippen LogP contribution >= 0.6 is 0 Å². The van der Waals surface area contributed by atoms with E-state index in [-0.39, 0.29) is 11.8 Å². The molecule has 33 heavy (non-hydrogen) atoms. The Hall–Kier alpha value is -2.93. The highest BCUT2D eigenvalue weighted by atomic mass is 16.5. The molecule has 1 atom stereocenters. The first-order valence-corrected chi connectivity index (χ1v) is 11.9. The van der Waals surface area contributed by atoms with Crippen molar-refractivity contribution in [2.24, 2.45) is 5.92 Å². The Balaban J connectivity index is 1.38. The van der Waals surface area contributed by atoms with E-state index < -0.39 is 6.04 Å². The average Bonchev–Trinajstić information content (AvgIpc) is 3.67. The Labute approximate surface area is 195 Å². The number of rotatable bonds is 9. The molecule has 7 heteroatoms. The van der Waals surface area contributed by atoms with Crippen LogP contribution in [0.25, 0.3) is 0 Å². The fourth-order valence-corrected chi connectivity index (χ4v) is 4.37. The van der Waals surface area contributed by atoms with Crippen molar-refractivity contribution in [2.45, 2.75) is 50.5 Å². The molecule has 0 radical (unpaired) electrons. The predicted octanol–water partition coefficient (Wildman–Crippen LogP) is 3.83. The number of aromatic nitrogens is 1. The predicted molar refractivity (Wildman–Crippen MR) is 129 cm³/mol. The number of piperidine rings is 1. The molecule has 2 aromatic rings. The number of amides is 2. The molecule has 2 aliphatic rings. The molecule has 0 bridgehead atoms. The molecule has 2 heterocycles. The van der Waals surface area contributed by atoms with Crippen LogP contribution in [0, 0.1) is 5.92 Å². The number of benzene rings is 1. The van der Waals surface area contributed by atoms with Gasteiger partial charge in [0.05, 0.1) is 19.0 Å². The minimum absolute atomic E-state index is 0.214. The van der Waals surface area contributed by atoms with E-state index in [1.807, 2.05) is 12.1 Å². The summed E-state index contributed by atoms with van der Waals surface area (Å²) in [6.07, 6.45) is 7.83. The number of ether oxygens (including phenoxy) is 1. The summed E-state index contributed by atoms with van der Waals surface area (Å²) in [5, 5.41) is 5.84. The molecule has 0 spiro atoms. The van der Waals surface area contributed by atoms with E-state index in [4.69, 9.17) is 4.74 Å². The summed E-state index contributed by atoms with van der Waals surface area (Å²) in [6, 6.07) is 10.7. The lowest BCUT2D eigenvalue weighted by Gasteiger charge is -2.29. The Morgan fingerprint density at radius 2 is 1.82 bits per heavy atom. The molecule has 1 unspecified atom stereocenters.